The molecule has 3 aromatic carbocycles. The average molecular weight is 518 g/mol. The van der Waals surface area contributed by atoms with Crippen molar-refractivity contribution in [1.29, 1.82) is 0 Å². The summed E-state index contributed by atoms with van der Waals surface area (Å²) in [6, 6.07) is 21.4. The summed E-state index contributed by atoms with van der Waals surface area (Å²) in [5, 5.41) is 11.8. The lowest BCUT2D eigenvalue weighted by Gasteiger charge is -2.14. The molecule has 0 aromatic heterocycles. The molecule has 3 rings (SSSR count). The fourth-order valence-electron chi connectivity index (χ4n) is 4.44. The van der Waals surface area contributed by atoms with Crippen LogP contribution in [0.25, 0.3) is 22.3 Å². The molecule has 1 atom stereocenters. The van der Waals surface area contributed by atoms with Crippen LogP contribution in [-0.2, 0) is 0 Å². The van der Waals surface area contributed by atoms with E-state index in [9.17, 15) is 10.1 Å². The predicted molar refractivity (Wildman–Crippen MR) is 157 cm³/mol. The van der Waals surface area contributed by atoms with Gasteiger partial charge in [-0.15, -0.1) is 0 Å². The number of unbranched alkanes of at least 4 members (excludes halogenated alkanes) is 7. The Morgan fingerprint density at radius 2 is 1.37 bits per heavy atom. The molecule has 0 saturated heterocycles. The van der Waals surface area contributed by atoms with E-state index in [-0.39, 0.29) is 10.6 Å². The van der Waals surface area contributed by atoms with Crippen molar-refractivity contribution in [3.05, 3.63) is 76.8 Å². The summed E-state index contributed by atoms with van der Waals surface area (Å²) >= 11 is 0. The molecule has 0 radical (unpaired) electrons. The Kier molecular flexibility index (Phi) is 12.2. The Bertz CT molecular complexity index is 1130. The Balaban J connectivity index is 1.64. The minimum Gasteiger partial charge on any atom is -0.494 e. The van der Waals surface area contributed by atoms with Gasteiger partial charge >= 0.3 is 5.69 Å². The Morgan fingerprint density at radius 1 is 0.763 bits per heavy atom. The van der Waals surface area contributed by atoms with E-state index in [1.807, 2.05) is 42.5 Å². The Labute approximate surface area is 228 Å². The van der Waals surface area contributed by atoms with Crippen LogP contribution in [-0.4, -0.2) is 18.1 Å². The molecule has 5 nitrogen and oxygen atoms in total. The van der Waals surface area contributed by atoms with Gasteiger partial charge in [-0.05, 0) is 52.8 Å². The standard InChI is InChI=1S/C33H43NO4/c1-4-6-7-8-9-10-11-14-23-37-29-20-17-27(18-21-29)30-15-12-13-16-31(30)28-19-22-33(32(24-28)34(35)36)38-25-26(3)5-2/h12-13,15-22,24,26H,4-11,14,23,25H2,1-3H3/t26-/m0/s1. The second-order valence-electron chi connectivity index (χ2n) is 10.2. The summed E-state index contributed by atoms with van der Waals surface area (Å²) in [5.74, 6) is 1.52. The minimum atomic E-state index is -0.364. The van der Waals surface area contributed by atoms with Gasteiger partial charge in [0.05, 0.1) is 18.1 Å². The van der Waals surface area contributed by atoms with Crippen LogP contribution in [0.5, 0.6) is 11.5 Å². The van der Waals surface area contributed by atoms with Gasteiger partial charge < -0.3 is 9.47 Å². The lowest BCUT2D eigenvalue weighted by Crippen LogP contribution is -2.08. The minimum absolute atomic E-state index is 0.00897. The summed E-state index contributed by atoms with van der Waals surface area (Å²) in [6.45, 7) is 7.60. The second kappa shape index (κ2) is 15.8. The highest BCUT2D eigenvalue weighted by molar-refractivity contribution is 5.84. The first-order valence-corrected chi connectivity index (χ1v) is 14.3. The fraction of sp³-hybridized carbons (Fsp3) is 0.455. The zero-order valence-electron chi connectivity index (χ0n) is 23.3. The molecule has 0 amide bonds. The van der Waals surface area contributed by atoms with Crippen LogP contribution in [0.2, 0.25) is 0 Å². The molecular weight excluding hydrogens is 474 g/mol. The smallest absolute Gasteiger partial charge is 0.311 e. The fourth-order valence-corrected chi connectivity index (χ4v) is 4.44. The first-order valence-electron chi connectivity index (χ1n) is 14.3. The molecule has 3 aromatic rings. The van der Waals surface area contributed by atoms with Crippen molar-refractivity contribution in [3.63, 3.8) is 0 Å². The van der Waals surface area contributed by atoms with Crippen molar-refractivity contribution in [3.8, 4) is 33.8 Å². The summed E-state index contributed by atoms with van der Waals surface area (Å²) < 4.78 is 11.8. The number of rotatable bonds is 17. The van der Waals surface area contributed by atoms with Gasteiger partial charge in [0, 0.05) is 6.07 Å². The molecule has 0 aliphatic carbocycles. The normalized spacial score (nSPS) is 11.8. The number of hydrogen-bond acceptors (Lipinski definition) is 4. The number of benzene rings is 3. The lowest BCUT2D eigenvalue weighted by molar-refractivity contribution is -0.385. The van der Waals surface area contributed by atoms with Crippen LogP contribution < -0.4 is 9.47 Å². The Morgan fingerprint density at radius 3 is 2.00 bits per heavy atom. The SMILES string of the molecule is CCCCCCCCCCOc1ccc(-c2ccccc2-c2ccc(OC[C@@H](C)CC)c([N+](=O)[O-])c2)cc1. The third-order valence-electron chi connectivity index (χ3n) is 7.05. The van der Waals surface area contributed by atoms with E-state index < -0.39 is 0 Å². The lowest BCUT2D eigenvalue weighted by atomic mass is 9.94. The largest absolute Gasteiger partial charge is 0.494 e. The third kappa shape index (κ3) is 8.90. The second-order valence-corrected chi connectivity index (χ2v) is 10.2. The van der Waals surface area contributed by atoms with E-state index in [0.29, 0.717) is 18.3 Å². The topological polar surface area (TPSA) is 61.6 Å². The van der Waals surface area contributed by atoms with Gasteiger partial charge in [0.25, 0.3) is 0 Å². The summed E-state index contributed by atoms with van der Waals surface area (Å²) in [5.41, 5.74) is 3.78. The van der Waals surface area contributed by atoms with Gasteiger partial charge in [0.1, 0.15) is 5.75 Å². The van der Waals surface area contributed by atoms with E-state index in [1.165, 1.54) is 44.9 Å². The van der Waals surface area contributed by atoms with E-state index >= 15 is 0 Å². The van der Waals surface area contributed by atoms with E-state index in [1.54, 1.807) is 12.1 Å². The zero-order valence-corrected chi connectivity index (χ0v) is 23.3. The van der Waals surface area contributed by atoms with Crippen LogP contribution in [0.3, 0.4) is 0 Å². The maximum absolute atomic E-state index is 11.8. The van der Waals surface area contributed by atoms with Crippen molar-refractivity contribution in [2.45, 2.75) is 78.6 Å². The Hall–Kier alpha value is -3.34. The number of hydrogen-bond donors (Lipinski definition) is 0. The zero-order chi connectivity index (χ0) is 27.2. The maximum Gasteiger partial charge on any atom is 0.311 e. The molecule has 0 unspecified atom stereocenters. The van der Waals surface area contributed by atoms with Gasteiger partial charge in [0.15, 0.2) is 5.75 Å². The molecule has 38 heavy (non-hydrogen) atoms. The monoisotopic (exact) mass is 517 g/mol. The van der Waals surface area contributed by atoms with E-state index in [2.05, 4.69) is 32.9 Å². The van der Waals surface area contributed by atoms with Crippen molar-refractivity contribution in [2.75, 3.05) is 13.2 Å². The van der Waals surface area contributed by atoms with Crippen LogP contribution in [0.4, 0.5) is 5.69 Å². The quantitative estimate of drug-likeness (QED) is 0.102. The van der Waals surface area contributed by atoms with Crippen LogP contribution in [0, 0.1) is 16.0 Å². The van der Waals surface area contributed by atoms with Crippen molar-refractivity contribution >= 4 is 5.69 Å². The average Bonchev–Trinajstić information content (AvgIpc) is 2.95. The molecule has 0 aliphatic rings. The third-order valence-corrected chi connectivity index (χ3v) is 7.05. The molecule has 0 N–H and O–H groups in total. The van der Waals surface area contributed by atoms with Gasteiger partial charge in [0.2, 0.25) is 0 Å². The molecule has 5 heteroatoms. The maximum atomic E-state index is 11.8. The first kappa shape index (κ1) is 29.2. The highest BCUT2D eigenvalue weighted by Crippen LogP contribution is 2.37. The van der Waals surface area contributed by atoms with Gasteiger partial charge in [-0.25, -0.2) is 0 Å². The van der Waals surface area contributed by atoms with Gasteiger partial charge in [-0.2, -0.15) is 0 Å². The highest BCUT2D eigenvalue weighted by atomic mass is 16.6. The molecule has 0 fully saturated rings. The van der Waals surface area contributed by atoms with Crippen molar-refractivity contribution in [2.24, 2.45) is 5.92 Å². The number of nitro groups is 1. The van der Waals surface area contributed by atoms with Crippen molar-refractivity contribution in [1.82, 2.24) is 0 Å². The molecule has 0 aliphatic heterocycles. The molecule has 0 saturated carbocycles. The summed E-state index contributed by atoms with van der Waals surface area (Å²) in [4.78, 5) is 11.5. The van der Waals surface area contributed by atoms with Crippen LogP contribution >= 0.6 is 0 Å². The first-order chi connectivity index (χ1) is 18.5. The molecule has 204 valence electrons. The van der Waals surface area contributed by atoms with Crippen LogP contribution in [0.15, 0.2) is 66.7 Å². The summed E-state index contributed by atoms with van der Waals surface area (Å²) in [6.07, 6.45) is 11.2. The molecule has 0 bridgehead atoms. The number of nitrogens with zero attached hydrogens (tertiary/aromatic N) is 1. The van der Waals surface area contributed by atoms with Gasteiger partial charge in [-0.3, -0.25) is 10.1 Å². The number of ether oxygens (including phenoxy) is 2. The van der Waals surface area contributed by atoms with E-state index in [0.717, 1.165) is 47.5 Å². The molecule has 0 spiro atoms. The predicted octanol–water partition coefficient (Wildman–Crippen LogP) is 9.87. The summed E-state index contributed by atoms with van der Waals surface area (Å²) in [7, 11) is 0. The van der Waals surface area contributed by atoms with Crippen molar-refractivity contribution < 1.29 is 14.4 Å². The van der Waals surface area contributed by atoms with Crippen LogP contribution in [0.1, 0.15) is 78.6 Å². The molecular formula is C33H43NO4. The number of nitro benzene ring substituents is 1. The van der Waals surface area contributed by atoms with E-state index in [4.69, 9.17) is 9.47 Å². The molecule has 0 heterocycles. The highest BCUT2D eigenvalue weighted by Gasteiger charge is 2.19. The van der Waals surface area contributed by atoms with Gasteiger partial charge in [-0.1, -0.05) is 115 Å².